The number of thioether (sulfide) groups is 1. The third kappa shape index (κ3) is 4.72. The molecule has 0 atom stereocenters. The molecule has 1 N–H and O–H groups in total. The summed E-state index contributed by atoms with van der Waals surface area (Å²) in [5, 5.41) is 12.6. The summed E-state index contributed by atoms with van der Waals surface area (Å²) in [6, 6.07) is 13.4. The van der Waals surface area contributed by atoms with E-state index in [2.05, 4.69) is 48.7 Å². The highest BCUT2D eigenvalue weighted by Gasteiger charge is 2.24. The lowest BCUT2D eigenvalue weighted by Gasteiger charge is -2.05. The molecular weight excluding hydrogens is 373 g/mol. The number of hydrogen-bond donors (Lipinski definition) is 1. The fourth-order valence-electron chi connectivity index (χ4n) is 3.31. The van der Waals surface area contributed by atoms with Gasteiger partial charge in [-0.3, -0.25) is 0 Å². The minimum absolute atomic E-state index is 0.0514. The molecule has 0 saturated carbocycles. The van der Waals surface area contributed by atoms with Gasteiger partial charge in [0.05, 0.1) is 0 Å². The Kier molecular flexibility index (Phi) is 7.06. The number of nitrogens with zero attached hydrogens (tertiary/aromatic N) is 1. The molecule has 0 aliphatic heterocycles. The molecule has 0 aromatic heterocycles. The largest absolute Gasteiger partial charge is 0.396 e. The number of allylic oxidation sites excluding steroid dienone is 2. The minimum atomic E-state index is -0.239. The zero-order valence-electron chi connectivity index (χ0n) is 16.1. The first-order valence-corrected chi connectivity index (χ1v) is 10.5. The van der Waals surface area contributed by atoms with E-state index in [1.165, 1.54) is 11.0 Å². The molecule has 0 saturated heterocycles. The van der Waals surface area contributed by atoms with E-state index in [1.807, 2.05) is 6.07 Å². The van der Waals surface area contributed by atoms with E-state index in [1.54, 1.807) is 24.0 Å². The molecule has 1 aliphatic carbocycles. The van der Waals surface area contributed by atoms with Gasteiger partial charge in [0.15, 0.2) is 0 Å². The highest BCUT2D eigenvalue weighted by molar-refractivity contribution is 7.98. The van der Waals surface area contributed by atoms with E-state index in [-0.39, 0.29) is 12.4 Å². The van der Waals surface area contributed by atoms with E-state index in [0.29, 0.717) is 19.4 Å². The van der Waals surface area contributed by atoms with Crippen LogP contribution in [-0.4, -0.2) is 30.8 Å². The van der Waals surface area contributed by atoms with Crippen molar-refractivity contribution in [1.29, 1.82) is 0 Å². The molecule has 0 amide bonds. The number of halogens is 1. The first kappa shape index (κ1) is 20.4. The van der Waals surface area contributed by atoms with Crippen LogP contribution in [-0.2, 0) is 4.84 Å². The van der Waals surface area contributed by atoms with Crippen LogP contribution in [0.1, 0.15) is 36.5 Å². The number of hydrogen-bond acceptors (Lipinski definition) is 4. The van der Waals surface area contributed by atoms with E-state index < -0.39 is 0 Å². The van der Waals surface area contributed by atoms with Gasteiger partial charge in [0.2, 0.25) is 0 Å². The number of fused-ring (bicyclic) bond motifs is 1. The van der Waals surface area contributed by atoms with Gasteiger partial charge in [-0.25, -0.2) is 4.39 Å². The van der Waals surface area contributed by atoms with Crippen LogP contribution >= 0.6 is 11.8 Å². The Morgan fingerprint density at radius 1 is 1.14 bits per heavy atom. The van der Waals surface area contributed by atoms with E-state index in [4.69, 9.17) is 9.94 Å². The van der Waals surface area contributed by atoms with Crippen LogP contribution in [0.15, 0.2) is 58.1 Å². The number of aliphatic hydroxyl groups is 1. The Hall–Kier alpha value is -2.37. The molecule has 0 radical (unpaired) electrons. The van der Waals surface area contributed by atoms with Gasteiger partial charge in [-0.05, 0) is 76.9 Å². The Balaban J connectivity index is 1.87. The quantitative estimate of drug-likeness (QED) is 0.271. The summed E-state index contributed by atoms with van der Waals surface area (Å²) in [5.41, 5.74) is 6.43. The van der Waals surface area contributed by atoms with Gasteiger partial charge in [0.1, 0.15) is 12.4 Å². The first-order valence-electron chi connectivity index (χ1n) is 9.25. The van der Waals surface area contributed by atoms with Crippen molar-refractivity contribution in [3.05, 3.63) is 70.5 Å². The second kappa shape index (κ2) is 9.71. The Bertz CT molecular complexity index is 917. The van der Waals surface area contributed by atoms with Crippen LogP contribution in [0.25, 0.3) is 17.2 Å². The Labute approximate surface area is 169 Å². The van der Waals surface area contributed by atoms with Gasteiger partial charge in [-0.1, -0.05) is 23.4 Å². The van der Waals surface area contributed by atoms with Gasteiger partial charge in [-0.15, -0.1) is 11.8 Å². The average Bonchev–Trinajstić information content (AvgIpc) is 2.96. The standard InChI is InChI=1S/C23H24FNO2S/c1-16-20(10-13-27-25-11-3-12-26)23-15-18(24)6-9-21(23)22(16)14-17-4-7-19(28-2)8-5-17/h4-9,11,14-15,26H,3,10,12-13H2,1-2H3/b22-14-,25-11?. The van der Waals surface area contributed by atoms with Crippen LogP contribution in [0.4, 0.5) is 4.39 Å². The van der Waals surface area contributed by atoms with Crippen molar-refractivity contribution in [3.8, 4) is 0 Å². The normalized spacial score (nSPS) is 14.9. The monoisotopic (exact) mass is 397 g/mol. The summed E-state index contributed by atoms with van der Waals surface area (Å²) in [6.45, 7) is 2.53. The highest BCUT2D eigenvalue weighted by atomic mass is 32.2. The minimum Gasteiger partial charge on any atom is -0.396 e. The van der Waals surface area contributed by atoms with Gasteiger partial charge in [0, 0.05) is 30.6 Å². The third-order valence-electron chi connectivity index (χ3n) is 4.73. The van der Waals surface area contributed by atoms with Crippen LogP contribution in [0.2, 0.25) is 0 Å². The predicted octanol–water partition coefficient (Wildman–Crippen LogP) is 5.65. The number of benzene rings is 2. The molecule has 3 rings (SSSR count). The summed E-state index contributed by atoms with van der Waals surface area (Å²) in [5.74, 6) is -0.239. The molecule has 0 spiro atoms. The van der Waals surface area contributed by atoms with E-state index in [0.717, 1.165) is 33.4 Å². The smallest absolute Gasteiger partial charge is 0.123 e. The maximum Gasteiger partial charge on any atom is 0.123 e. The average molecular weight is 398 g/mol. The molecule has 2 aromatic carbocycles. The maximum atomic E-state index is 13.9. The summed E-state index contributed by atoms with van der Waals surface area (Å²) in [6.07, 6.45) is 6.88. The fraction of sp³-hybridized carbons (Fsp3) is 0.261. The van der Waals surface area contributed by atoms with Gasteiger partial charge < -0.3 is 9.94 Å². The van der Waals surface area contributed by atoms with Crippen molar-refractivity contribution in [2.45, 2.75) is 24.7 Å². The highest BCUT2D eigenvalue weighted by Crippen LogP contribution is 2.43. The zero-order valence-corrected chi connectivity index (χ0v) is 16.9. The molecule has 3 nitrogen and oxygen atoms in total. The zero-order chi connectivity index (χ0) is 19.9. The second-order valence-corrected chi connectivity index (χ2v) is 7.39. The number of oxime groups is 1. The van der Waals surface area contributed by atoms with Crippen molar-refractivity contribution in [2.24, 2.45) is 5.16 Å². The Morgan fingerprint density at radius 3 is 2.64 bits per heavy atom. The summed E-state index contributed by atoms with van der Waals surface area (Å²) >= 11 is 1.72. The lowest BCUT2D eigenvalue weighted by Crippen LogP contribution is -1.93. The lowest BCUT2D eigenvalue weighted by molar-refractivity contribution is 0.151. The Morgan fingerprint density at radius 2 is 1.93 bits per heavy atom. The molecule has 28 heavy (non-hydrogen) atoms. The van der Waals surface area contributed by atoms with Crippen molar-refractivity contribution < 1.29 is 14.3 Å². The summed E-state index contributed by atoms with van der Waals surface area (Å²) in [4.78, 5) is 6.50. The van der Waals surface area contributed by atoms with Crippen molar-refractivity contribution >= 4 is 35.2 Å². The number of rotatable bonds is 8. The van der Waals surface area contributed by atoms with E-state index in [9.17, 15) is 4.39 Å². The second-order valence-electron chi connectivity index (χ2n) is 6.51. The molecular formula is C23H24FNO2S. The SMILES string of the molecule is CSc1ccc(/C=C2/C(C)=C(CCON=CCCO)c3cc(F)ccc32)cc1. The fourth-order valence-corrected chi connectivity index (χ4v) is 3.71. The third-order valence-corrected chi connectivity index (χ3v) is 5.47. The molecule has 1 aliphatic rings. The van der Waals surface area contributed by atoms with Crippen LogP contribution in [0.3, 0.4) is 0 Å². The maximum absolute atomic E-state index is 13.9. The first-order chi connectivity index (χ1) is 13.6. The van der Waals surface area contributed by atoms with Crippen molar-refractivity contribution in [2.75, 3.05) is 19.5 Å². The predicted molar refractivity (Wildman–Crippen MR) is 116 cm³/mol. The van der Waals surface area contributed by atoms with E-state index >= 15 is 0 Å². The van der Waals surface area contributed by atoms with Crippen LogP contribution < -0.4 is 0 Å². The molecule has 0 bridgehead atoms. The molecule has 0 fully saturated rings. The summed E-state index contributed by atoms with van der Waals surface area (Å²) < 4.78 is 13.9. The molecule has 0 heterocycles. The van der Waals surface area contributed by atoms with Crippen LogP contribution in [0.5, 0.6) is 0 Å². The summed E-state index contributed by atoms with van der Waals surface area (Å²) in [7, 11) is 0. The molecule has 146 valence electrons. The molecule has 5 heteroatoms. The molecule has 2 aromatic rings. The topological polar surface area (TPSA) is 41.8 Å². The van der Waals surface area contributed by atoms with Gasteiger partial charge in [0.25, 0.3) is 0 Å². The van der Waals surface area contributed by atoms with Crippen molar-refractivity contribution in [3.63, 3.8) is 0 Å². The molecule has 0 unspecified atom stereocenters. The lowest BCUT2D eigenvalue weighted by atomic mass is 10.0. The van der Waals surface area contributed by atoms with Gasteiger partial charge >= 0.3 is 0 Å². The van der Waals surface area contributed by atoms with Crippen molar-refractivity contribution in [1.82, 2.24) is 0 Å². The number of aliphatic hydroxyl groups excluding tert-OH is 1. The van der Waals surface area contributed by atoms with Gasteiger partial charge in [-0.2, -0.15) is 0 Å². The van der Waals surface area contributed by atoms with Crippen LogP contribution in [0, 0.1) is 5.82 Å².